The number of rotatable bonds is 8. The molecule has 3 rings (SSSR count). The Morgan fingerprint density at radius 2 is 1.82 bits per heavy atom. The van der Waals surface area contributed by atoms with Crippen LogP contribution in [-0.4, -0.2) is 23.4 Å². The maximum absolute atomic E-state index is 13.3. The first-order valence-electron chi connectivity index (χ1n) is 10.4. The van der Waals surface area contributed by atoms with Gasteiger partial charge in [0.15, 0.2) is 5.76 Å². The lowest BCUT2D eigenvalue weighted by atomic mass is 9.93. The molecule has 4 nitrogen and oxygen atoms in total. The fourth-order valence-corrected chi connectivity index (χ4v) is 3.75. The van der Waals surface area contributed by atoms with Gasteiger partial charge < -0.3 is 9.73 Å². The Balaban J connectivity index is 1.68. The lowest BCUT2D eigenvalue weighted by Crippen LogP contribution is -2.35. The van der Waals surface area contributed by atoms with Crippen molar-refractivity contribution < 1.29 is 13.6 Å². The van der Waals surface area contributed by atoms with Crippen molar-refractivity contribution in [3.8, 4) is 0 Å². The highest BCUT2D eigenvalue weighted by molar-refractivity contribution is 5.91. The summed E-state index contributed by atoms with van der Waals surface area (Å²) in [6, 6.07) is 10.8. The van der Waals surface area contributed by atoms with Gasteiger partial charge in [0.25, 0.3) is 5.91 Å². The first kappa shape index (κ1) is 20.6. The van der Waals surface area contributed by atoms with Crippen LogP contribution in [0.25, 0.3) is 0 Å². The molecule has 1 heterocycles. The summed E-state index contributed by atoms with van der Waals surface area (Å²) in [4.78, 5) is 14.6. The molecule has 0 radical (unpaired) electrons. The summed E-state index contributed by atoms with van der Waals surface area (Å²) in [5, 5.41) is 2.89. The summed E-state index contributed by atoms with van der Waals surface area (Å²) in [5.41, 5.74) is 1.09. The minimum atomic E-state index is -0.212. The second-order valence-electron chi connectivity index (χ2n) is 8.19. The summed E-state index contributed by atoms with van der Waals surface area (Å²) < 4.78 is 19.1. The monoisotopic (exact) mass is 386 g/mol. The molecular formula is C23H31FN2O2. The van der Waals surface area contributed by atoms with Gasteiger partial charge in [-0.1, -0.05) is 45.2 Å². The number of nitrogens with zero attached hydrogens (tertiary/aromatic N) is 1. The Bertz CT molecular complexity index is 748. The topological polar surface area (TPSA) is 45.5 Å². The zero-order valence-electron chi connectivity index (χ0n) is 16.9. The zero-order chi connectivity index (χ0) is 19.9. The van der Waals surface area contributed by atoms with E-state index in [2.05, 4.69) is 24.1 Å². The number of hydrogen-bond acceptors (Lipinski definition) is 3. The van der Waals surface area contributed by atoms with Crippen LogP contribution in [0.15, 0.2) is 40.8 Å². The molecule has 1 N–H and O–H groups in total. The van der Waals surface area contributed by atoms with Crippen molar-refractivity contribution in [2.45, 2.75) is 65.1 Å². The van der Waals surface area contributed by atoms with E-state index in [1.165, 1.54) is 44.2 Å². The minimum absolute atomic E-state index is 0.164. The number of carbonyl (C=O) groups is 1. The molecule has 0 atom stereocenters. The maximum atomic E-state index is 13.3. The number of nitrogens with one attached hydrogen (secondary N) is 1. The zero-order valence-corrected chi connectivity index (χ0v) is 16.9. The van der Waals surface area contributed by atoms with E-state index in [-0.39, 0.29) is 11.7 Å². The number of carbonyl (C=O) groups excluding carboxylic acids is 1. The van der Waals surface area contributed by atoms with Crippen LogP contribution in [0.3, 0.4) is 0 Å². The smallest absolute Gasteiger partial charge is 0.287 e. The fourth-order valence-electron chi connectivity index (χ4n) is 3.75. The lowest BCUT2D eigenvalue weighted by Gasteiger charge is -2.34. The van der Waals surface area contributed by atoms with Gasteiger partial charge in [-0.2, -0.15) is 0 Å². The van der Waals surface area contributed by atoms with Crippen molar-refractivity contribution >= 4 is 5.91 Å². The largest absolute Gasteiger partial charge is 0.455 e. The molecule has 0 unspecified atom stereocenters. The van der Waals surface area contributed by atoms with Gasteiger partial charge in [-0.15, -0.1) is 0 Å². The van der Waals surface area contributed by atoms with Gasteiger partial charge in [0.1, 0.15) is 11.6 Å². The highest BCUT2D eigenvalue weighted by Crippen LogP contribution is 2.26. The highest BCUT2D eigenvalue weighted by Gasteiger charge is 2.23. The number of benzene rings is 1. The Hall–Kier alpha value is -2.14. The Labute approximate surface area is 167 Å². The van der Waals surface area contributed by atoms with Crippen LogP contribution in [0.5, 0.6) is 0 Å². The molecule has 1 aliphatic rings. The van der Waals surface area contributed by atoms with Crippen LogP contribution in [-0.2, 0) is 13.1 Å². The molecule has 1 fully saturated rings. The van der Waals surface area contributed by atoms with Crippen LogP contribution in [0.4, 0.5) is 4.39 Å². The molecule has 1 aliphatic carbocycles. The van der Waals surface area contributed by atoms with E-state index in [1.54, 1.807) is 6.07 Å². The van der Waals surface area contributed by atoms with Gasteiger partial charge in [0, 0.05) is 19.1 Å². The Kier molecular flexibility index (Phi) is 7.26. The maximum Gasteiger partial charge on any atom is 0.287 e. The molecule has 1 saturated carbocycles. The van der Waals surface area contributed by atoms with Gasteiger partial charge in [-0.05, 0) is 48.6 Å². The van der Waals surface area contributed by atoms with E-state index in [1.807, 2.05) is 18.2 Å². The molecule has 1 aromatic heterocycles. The molecule has 28 heavy (non-hydrogen) atoms. The standard InChI is InChI=1S/C23H31FN2O2/c1-17(2)14-25-23(27)22-13-12-21(28-22)16-26(20-6-4-3-5-7-20)15-18-8-10-19(24)11-9-18/h8-13,17,20H,3-7,14-16H2,1-2H3,(H,25,27). The summed E-state index contributed by atoms with van der Waals surface area (Å²) in [6.07, 6.45) is 6.12. The molecule has 0 bridgehead atoms. The van der Waals surface area contributed by atoms with Crippen molar-refractivity contribution in [3.05, 3.63) is 59.3 Å². The SMILES string of the molecule is CC(C)CNC(=O)c1ccc(CN(Cc2ccc(F)cc2)C2CCCCC2)o1. The third-order valence-corrected chi connectivity index (χ3v) is 5.31. The van der Waals surface area contributed by atoms with E-state index in [4.69, 9.17) is 4.42 Å². The molecule has 1 amide bonds. The first-order valence-corrected chi connectivity index (χ1v) is 10.4. The van der Waals surface area contributed by atoms with Crippen molar-refractivity contribution in [1.29, 1.82) is 0 Å². The van der Waals surface area contributed by atoms with Crippen LogP contribution < -0.4 is 5.32 Å². The number of amides is 1. The summed E-state index contributed by atoms with van der Waals surface area (Å²) >= 11 is 0. The Morgan fingerprint density at radius 1 is 1.11 bits per heavy atom. The molecule has 152 valence electrons. The summed E-state index contributed by atoms with van der Waals surface area (Å²) in [7, 11) is 0. The van der Waals surface area contributed by atoms with E-state index < -0.39 is 0 Å². The molecule has 0 saturated heterocycles. The van der Waals surface area contributed by atoms with Gasteiger partial charge in [-0.25, -0.2) is 4.39 Å². The fraction of sp³-hybridized carbons (Fsp3) is 0.522. The molecule has 5 heteroatoms. The highest BCUT2D eigenvalue weighted by atomic mass is 19.1. The van der Waals surface area contributed by atoms with Crippen molar-refractivity contribution in [2.75, 3.05) is 6.54 Å². The molecule has 0 aliphatic heterocycles. The van der Waals surface area contributed by atoms with Crippen LogP contribution in [0.1, 0.15) is 67.8 Å². The number of halogens is 1. The van der Waals surface area contributed by atoms with Crippen LogP contribution in [0.2, 0.25) is 0 Å². The third kappa shape index (κ3) is 5.93. The normalized spacial score (nSPS) is 15.3. The van der Waals surface area contributed by atoms with Crippen LogP contribution >= 0.6 is 0 Å². The molecule has 0 spiro atoms. The number of furan rings is 1. The second kappa shape index (κ2) is 9.87. The predicted octanol–water partition coefficient (Wildman–Crippen LogP) is 5.14. The number of hydrogen-bond donors (Lipinski definition) is 1. The van der Waals surface area contributed by atoms with Crippen molar-refractivity contribution in [3.63, 3.8) is 0 Å². The quantitative estimate of drug-likeness (QED) is 0.683. The molecule has 1 aromatic carbocycles. The Morgan fingerprint density at radius 3 is 2.50 bits per heavy atom. The summed E-state index contributed by atoms with van der Waals surface area (Å²) in [6.45, 7) is 6.16. The predicted molar refractivity (Wildman–Crippen MR) is 108 cm³/mol. The van der Waals surface area contributed by atoms with Crippen molar-refractivity contribution in [1.82, 2.24) is 10.2 Å². The van der Waals surface area contributed by atoms with Gasteiger partial charge in [0.2, 0.25) is 0 Å². The molecule has 2 aromatic rings. The minimum Gasteiger partial charge on any atom is -0.455 e. The average Bonchev–Trinajstić information content (AvgIpc) is 3.16. The van der Waals surface area contributed by atoms with Gasteiger partial charge in [-0.3, -0.25) is 9.69 Å². The van der Waals surface area contributed by atoms with E-state index in [0.29, 0.717) is 30.8 Å². The third-order valence-electron chi connectivity index (χ3n) is 5.31. The van der Waals surface area contributed by atoms with E-state index in [9.17, 15) is 9.18 Å². The van der Waals surface area contributed by atoms with Gasteiger partial charge >= 0.3 is 0 Å². The van der Waals surface area contributed by atoms with E-state index >= 15 is 0 Å². The first-order chi connectivity index (χ1) is 13.5. The summed E-state index contributed by atoms with van der Waals surface area (Å²) in [5.74, 6) is 1.18. The molecular weight excluding hydrogens is 355 g/mol. The second-order valence-corrected chi connectivity index (χ2v) is 8.19. The average molecular weight is 387 g/mol. The lowest BCUT2D eigenvalue weighted by molar-refractivity contribution is 0.0911. The van der Waals surface area contributed by atoms with E-state index in [0.717, 1.165) is 17.9 Å². The van der Waals surface area contributed by atoms with Crippen LogP contribution in [0, 0.1) is 11.7 Å². The van der Waals surface area contributed by atoms with Gasteiger partial charge in [0.05, 0.1) is 6.54 Å². The van der Waals surface area contributed by atoms with Crippen molar-refractivity contribution in [2.24, 2.45) is 5.92 Å².